The molecule has 100 valence electrons. The Morgan fingerprint density at radius 3 is 2.85 bits per heavy atom. The molecule has 0 aliphatic carbocycles. The molecule has 0 spiro atoms. The third kappa shape index (κ3) is 2.36. The number of phenols is 1. The Labute approximate surface area is 116 Å². The molecule has 20 heavy (non-hydrogen) atoms. The lowest BCUT2D eigenvalue weighted by Crippen LogP contribution is -2.22. The lowest BCUT2D eigenvalue weighted by molar-refractivity contribution is 0.0951. The molecule has 1 aromatic heterocycles. The topological polar surface area (TPSA) is 65.1 Å². The second kappa shape index (κ2) is 5.09. The molecule has 0 atom stereocenters. The van der Waals surface area contributed by atoms with E-state index in [1.807, 2.05) is 30.5 Å². The van der Waals surface area contributed by atoms with E-state index in [0.29, 0.717) is 17.7 Å². The first-order chi connectivity index (χ1) is 9.74. The number of rotatable bonds is 3. The van der Waals surface area contributed by atoms with Crippen LogP contribution in [0.1, 0.15) is 15.9 Å². The summed E-state index contributed by atoms with van der Waals surface area (Å²) >= 11 is 0. The van der Waals surface area contributed by atoms with Crippen LogP contribution in [0, 0.1) is 0 Å². The number of H-pyrrole nitrogens is 1. The van der Waals surface area contributed by atoms with E-state index in [1.165, 1.54) is 0 Å². The van der Waals surface area contributed by atoms with Gasteiger partial charge in [0, 0.05) is 29.4 Å². The Balaban J connectivity index is 1.74. The lowest BCUT2D eigenvalue weighted by Gasteiger charge is -2.07. The minimum absolute atomic E-state index is 0.162. The van der Waals surface area contributed by atoms with Gasteiger partial charge >= 0.3 is 0 Å². The Morgan fingerprint density at radius 1 is 1.15 bits per heavy atom. The highest BCUT2D eigenvalue weighted by Gasteiger charge is 2.07. The summed E-state index contributed by atoms with van der Waals surface area (Å²) in [7, 11) is 0. The van der Waals surface area contributed by atoms with Gasteiger partial charge in [-0.3, -0.25) is 4.79 Å². The predicted molar refractivity (Wildman–Crippen MR) is 77.6 cm³/mol. The molecule has 4 nitrogen and oxygen atoms in total. The summed E-state index contributed by atoms with van der Waals surface area (Å²) in [5, 5.41) is 13.5. The van der Waals surface area contributed by atoms with Crippen molar-refractivity contribution in [1.82, 2.24) is 10.3 Å². The quantitative estimate of drug-likeness (QED) is 0.682. The van der Waals surface area contributed by atoms with E-state index in [4.69, 9.17) is 0 Å². The molecule has 4 heteroatoms. The van der Waals surface area contributed by atoms with Gasteiger partial charge in [0.25, 0.3) is 5.91 Å². The van der Waals surface area contributed by atoms with E-state index < -0.39 is 0 Å². The van der Waals surface area contributed by atoms with Crippen molar-refractivity contribution in [1.29, 1.82) is 0 Å². The number of aromatic hydroxyl groups is 1. The normalized spacial score (nSPS) is 10.6. The summed E-state index contributed by atoms with van der Waals surface area (Å²) in [6, 6.07) is 14.4. The zero-order chi connectivity index (χ0) is 13.9. The van der Waals surface area contributed by atoms with Gasteiger partial charge in [0.15, 0.2) is 0 Å². The molecule has 1 amide bonds. The summed E-state index contributed by atoms with van der Waals surface area (Å²) in [6.45, 7) is 0.300. The molecule has 3 aromatic rings. The molecule has 3 N–H and O–H groups in total. The van der Waals surface area contributed by atoms with Gasteiger partial charge in [0.2, 0.25) is 0 Å². The van der Waals surface area contributed by atoms with Crippen molar-refractivity contribution in [2.75, 3.05) is 0 Å². The number of benzene rings is 2. The smallest absolute Gasteiger partial charge is 0.251 e. The third-order valence-corrected chi connectivity index (χ3v) is 3.25. The molecule has 0 fully saturated rings. The predicted octanol–water partition coefficient (Wildman–Crippen LogP) is 2.80. The van der Waals surface area contributed by atoms with Gasteiger partial charge in [0.1, 0.15) is 5.75 Å². The monoisotopic (exact) mass is 266 g/mol. The van der Waals surface area contributed by atoms with Gasteiger partial charge in [-0.25, -0.2) is 0 Å². The standard InChI is InChI=1S/C16H14N2O2/c19-15-4-2-1-3-13(15)10-18-16(20)12-6-5-11-7-8-17-14(11)9-12/h1-9,17,19H,10H2,(H,18,20). The van der Waals surface area contributed by atoms with E-state index in [1.54, 1.807) is 24.3 Å². The SMILES string of the molecule is O=C(NCc1ccccc1O)c1ccc2cc[nH]c2c1. The molecule has 0 unspecified atom stereocenters. The number of aromatic nitrogens is 1. The molecule has 0 saturated carbocycles. The van der Waals surface area contributed by atoms with Gasteiger partial charge < -0.3 is 15.4 Å². The maximum atomic E-state index is 12.1. The van der Waals surface area contributed by atoms with E-state index in [9.17, 15) is 9.90 Å². The first-order valence-corrected chi connectivity index (χ1v) is 6.36. The van der Waals surface area contributed by atoms with Crippen LogP contribution in [0.25, 0.3) is 10.9 Å². The number of fused-ring (bicyclic) bond motifs is 1. The van der Waals surface area contributed by atoms with Gasteiger partial charge in [-0.1, -0.05) is 24.3 Å². The molecule has 1 heterocycles. The highest BCUT2D eigenvalue weighted by molar-refractivity contribution is 5.97. The molecule has 2 aromatic carbocycles. The van der Waals surface area contributed by atoms with Crippen molar-refractivity contribution < 1.29 is 9.90 Å². The maximum Gasteiger partial charge on any atom is 0.251 e. The first kappa shape index (κ1) is 12.3. The summed E-state index contributed by atoms with van der Waals surface area (Å²) < 4.78 is 0. The second-order valence-electron chi connectivity index (χ2n) is 4.59. The van der Waals surface area contributed by atoms with Crippen LogP contribution in [0.4, 0.5) is 0 Å². The van der Waals surface area contributed by atoms with E-state index >= 15 is 0 Å². The Morgan fingerprint density at radius 2 is 2.00 bits per heavy atom. The highest BCUT2D eigenvalue weighted by atomic mass is 16.3. The van der Waals surface area contributed by atoms with Crippen molar-refractivity contribution in [2.45, 2.75) is 6.54 Å². The van der Waals surface area contributed by atoms with Crippen LogP contribution in [0.15, 0.2) is 54.7 Å². The first-order valence-electron chi connectivity index (χ1n) is 6.36. The average Bonchev–Trinajstić information content (AvgIpc) is 2.93. The van der Waals surface area contributed by atoms with Crippen LogP contribution in [-0.2, 0) is 6.54 Å². The van der Waals surface area contributed by atoms with Crippen LogP contribution >= 0.6 is 0 Å². The molecule has 3 rings (SSSR count). The molecule has 0 saturated heterocycles. The number of carbonyl (C=O) groups is 1. The van der Waals surface area contributed by atoms with Gasteiger partial charge in [-0.15, -0.1) is 0 Å². The molecule has 0 radical (unpaired) electrons. The largest absolute Gasteiger partial charge is 0.508 e. The fraction of sp³-hybridized carbons (Fsp3) is 0.0625. The van der Waals surface area contributed by atoms with Crippen molar-refractivity contribution >= 4 is 16.8 Å². The van der Waals surface area contributed by atoms with Crippen LogP contribution in [0.5, 0.6) is 5.75 Å². The minimum Gasteiger partial charge on any atom is -0.508 e. The Bertz CT molecular complexity index is 762. The molecular formula is C16H14N2O2. The summed E-state index contributed by atoms with van der Waals surface area (Å²) in [5.41, 5.74) is 2.22. The van der Waals surface area contributed by atoms with Crippen LogP contribution in [0.2, 0.25) is 0 Å². The fourth-order valence-corrected chi connectivity index (χ4v) is 2.13. The minimum atomic E-state index is -0.162. The van der Waals surface area contributed by atoms with Crippen LogP contribution < -0.4 is 5.32 Å². The van der Waals surface area contributed by atoms with Crippen molar-refractivity contribution in [3.8, 4) is 5.75 Å². The number of hydrogen-bond donors (Lipinski definition) is 3. The van der Waals surface area contributed by atoms with Crippen LogP contribution in [-0.4, -0.2) is 16.0 Å². The second-order valence-corrected chi connectivity index (χ2v) is 4.59. The zero-order valence-electron chi connectivity index (χ0n) is 10.8. The Kier molecular flexibility index (Phi) is 3.13. The van der Waals surface area contributed by atoms with Gasteiger partial charge in [-0.2, -0.15) is 0 Å². The number of para-hydroxylation sites is 1. The van der Waals surface area contributed by atoms with E-state index in [-0.39, 0.29) is 11.7 Å². The third-order valence-electron chi connectivity index (χ3n) is 3.25. The van der Waals surface area contributed by atoms with E-state index in [0.717, 1.165) is 10.9 Å². The summed E-state index contributed by atoms with van der Waals surface area (Å²) in [4.78, 5) is 15.2. The van der Waals surface area contributed by atoms with Crippen LogP contribution in [0.3, 0.4) is 0 Å². The Hall–Kier alpha value is -2.75. The van der Waals surface area contributed by atoms with Crippen molar-refractivity contribution in [2.24, 2.45) is 0 Å². The van der Waals surface area contributed by atoms with Gasteiger partial charge in [0.05, 0.1) is 0 Å². The number of aromatic amines is 1. The molecular weight excluding hydrogens is 252 g/mol. The average molecular weight is 266 g/mol. The van der Waals surface area contributed by atoms with E-state index in [2.05, 4.69) is 10.3 Å². The highest BCUT2D eigenvalue weighted by Crippen LogP contribution is 2.16. The lowest BCUT2D eigenvalue weighted by atomic mass is 10.1. The van der Waals surface area contributed by atoms with Crippen molar-refractivity contribution in [3.05, 3.63) is 65.9 Å². The molecule has 0 aliphatic heterocycles. The zero-order valence-corrected chi connectivity index (χ0v) is 10.8. The number of nitrogens with one attached hydrogen (secondary N) is 2. The van der Waals surface area contributed by atoms with Crippen molar-refractivity contribution in [3.63, 3.8) is 0 Å². The maximum absolute atomic E-state index is 12.1. The summed E-state index contributed by atoms with van der Waals surface area (Å²) in [6.07, 6.45) is 1.84. The van der Waals surface area contributed by atoms with Gasteiger partial charge in [-0.05, 0) is 29.7 Å². The molecule has 0 bridgehead atoms. The number of hydrogen-bond acceptors (Lipinski definition) is 2. The number of amides is 1. The fourth-order valence-electron chi connectivity index (χ4n) is 2.13. The molecule has 0 aliphatic rings. The number of phenolic OH excluding ortho intramolecular Hbond substituents is 1. The number of carbonyl (C=O) groups excluding carboxylic acids is 1. The summed E-state index contributed by atoms with van der Waals surface area (Å²) in [5.74, 6) is 0.0253.